The minimum Gasteiger partial charge on any atom is -0.481 e. The average Bonchev–Trinajstić information content (AvgIpc) is 2.62. The van der Waals surface area contributed by atoms with E-state index in [1.165, 1.54) is 12.8 Å². The zero-order valence-electron chi connectivity index (χ0n) is 14.1. The Kier molecular flexibility index (Phi) is 5.98. The maximum atomic E-state index is 10.8. The van der Waals surface area contributed by atoms with Crippen LogP contribution in [-0.2, 0) is 16.1 Å². The highest BCUT2D eigenvalue weighted by Crippen LogP contribution is 2.23. The molecule has 0 amide bonds. The van der Waals surface area contributed by atoms with Crippen LogP contribution in [0.5, 0.6) is 0 Å². The van der Waals surface area contributed by atoms with Crippen LogP contribution in [0.3, 0.4) is 0 Å². The number of hydrogen-bond donors (Lipinski definition) is 1. The average molecular weight is 334 g/mol. The zero-order valence-corrected chi connectivity index (χ0v) is 14.1. The van der Waals surface area contributed by atoms with E-state index >= 15 is 0 Å². The summed E-state index contributed by atoms with van der Waals surface area (Å²) in [6.45, 7) is 4.95. The Labute approximate surface area is 142 Å². The van der Waals surface area contributed by atoms with Crippen molar-refractivity contribution in [1.29, 1.82) is 0 Å². The van der Waals surface area contributed by atoms with Gasteiger partial charge in [0, 0.05) is 50.1 Å². The lowest BCUT2D eigenvalue weighted by atomic mass is 9.97. The number of anilines is 1. The molecule has 2 fully saturated rings. The van der Waals surface area contributed by atoms with Crippen molar-refractivity contribution in [2.45, 2.75) is 44.7 Å². The lowest BCUT2D eigenvalue weighted by molar-refractivity contribution is -0.137. The molecule has 3 rings (SSSR count). The smallest absolute Gasteiger partial charge is 0.303 e. The van der Waals surface area contributed by atoms with Crippen LogP contribution < -0.4 is 4.90 Å². The van der Waals surface area contributed by atoms with E-state index in [4.69, 9.17) is 9.84 Å². The lowest BCUT2D eigenvalue weighted by Crippen LogP contribution is -2.39. The Morgan fingerprint density at radius 1 is 1.21 bits per heavy atom. The minimum absolute atomic E-state index is 0.244. The maximum absolute atomic E-state index is 10.8. The Morgan fingerprint density at radius 3 is 2.67 bits per heavy atom. The van der Waals surface area contributed by atoms with Crippen molar-refractivity contribution in [3.63, 3.8) is 0 Å². The van der Waals surface area contributed by atoms with E-state index in [0.29, 0.717) is 6.04 Å². The van der Waals surface area contributed by atoms with Crippen molar-refractivity contribution in [2.24, 2.45) is 0 Å². The molecular weight excluding hydrogens is 308 g/mol. The van der Waals surface area contributed by atoms with E-state index in [9.17, 15) is 4.79 Å². The highest BCUT2D eigenvalue weighted by molar-refractivity contribution is 5.66. The van der Waals surface area contributed by atoms with Gasteiger partial charge in [-0.05, 0) is 25.8 Å². The van der Waals surface area contributed by atoms with Crippen molar-refractivity contribution in [2.75, 3.05) is 37.7 Å². The number of ether oxygens (including phenoxy) is 1. The van der Waals surface area contributed by atoms with Gasteiger partial charge in [0.1, 0.15) is 0 Å². The second-order valence-electron chi connectivity index (χ2n) is 6.54. The molecule has 1 atom stereocenters. The first-order valence-electron chi connectivity index (χ1n) is 8.82. The predicted octanol–water partition coefficient (Wildman–Crippen LogP) is 1.53. The van der Waals surface area contributed by atoms with Gasteiger partial charge in [0.2, 0.25) is 5.95 Å². The molecule has 0 saturated carbocycles. The summed E-state index contributed by atoms with van der Waals surface area (Å²) in [6, 6.07) is 0.355. The molecule has 0 radical (unpaired) electrons. The second kappa shape index (κ2) is 8.39. The van der Waals surface area contributed by atoms with Crippen molar-refractivity contribution >= 4 is 11.9 Å². The third-order valence-corrected chi connectivity index (χ3v) is 4.81. The Hall–Kier alpha value is -1.73. The number of piperidine rings is 1. The Morgan fingerprint density at radius 2 is 1.96 bits per heavy atom. The lowest BCUT2D eigenvalue weighted by Gasteiger charge is -2.35. The van der Waals surface area contributed by atoms with E-state index in [-0.39, 0.29) is 6.42 Å². The maximum Gasteiger partial charge on any atom is 0.303 e. The molecule has 1 aromatic heterocycles. The van der Waals surface area contributed by atoms with Crippen molar-refractivity contribution in [1.82, 2.24) is 14.9 Å². The molecule has 2 aliphatic rings. The molecule has 0 spiro atoms. The molecule has 7 heteroatoms. The third kappa shape index (κ3) is 4.64. The summed E-state index contributed by atoms with van der Waals surface area (Å²) in [4.78, 5) is 24.4. The fourth-order valence-corrected chi connectivity index (χ4v) is 3.48. The SMILES string of the molecule is O=C(O)CCC1CCCCN1Cc1cnc(N2CCOCC2)nc1. The first-order chi connectivity index (χ1) is 11.7. The van der Waals surface area contributed by atoms with Crippen LogP contribution in [0.2, 0.25) is 0 Å². The molecule has 1 aromatic rings. The number of hydrogen-bond acceptors (Lipinski definition) is 6. The Balaban J connectivity index is 1.58. The van der Waals surface area contributed by atoms with Gasteiger partial charge in [-0.15, -0.1) is 0 Å². The van der Waals surface area contributed by atoms with Crippen molar-refractivity contribution in [3.05, 3.63) is 18.0 Å². The second-order valence-corrected chi connectivity index (χ2v) is 6.54. The molecule has 3 heterocycles. The minimum atomic E-state index is -0.710. The highest BCUT2D eigenvalue weighted by Gasteiger charge is 2.23. The van der Waals surface area contributed by atoms with Gasteiger partial charge in [-0.25, -0.2) is 9.97 Å². The van der Waals surface area contributed by atoms with Crippen molar-refractivity contribution in [3.8, 4) is 0 Å². The molecule has 24 heavy (non-hydrogen) atoms. The number of carboxylic acid groups (broad SMARTS) is 1. The van der Waals surface area contributed by atoms with Gasteiger partial charge < -0.3 is 14.7 Å². The molecule has 0 bridgehead atoms. The number of morpholine rings is 1. The van der Waals surface area contributed by atoms with E-state index in [2.05, 4.69) is 19.8 Å². The van der Waals surface area contributed by atoms with Gasteiger partial charge in [0.25, 0.3) is 0 Å². The molecule has 0 aliphatic carbocycles. The van der Waals surface area contributed by atoms with E-state index in [1.54, 1.807) is 0 Å². The van der Waals surface area contributed by atoms with Gasteiger partial charge >= 0.3 is 5.97 Å². The molecule has 0 aromatic carbocycles. The topological polar surface area (TPSA) is 78.8 Å². The third-order valence-electron chi connectivity index (χ3n) is 4.81. The van der Waals surface area contributed by atoms with Crippen LogP contribution >= 0.6 is 0 Å². The summed E-state index contributed by atoms with van der Waals surface area (Å²) in [5.41, 5.74) is 1.09. The fraction of sp³-hybridized carbons (Fsp3) is 0.706. The summed E-state index contributed by atoms with van der Waals surface area (Å²) in [6.07, 6.45) is 8.22. The summed E-state index contributed by atoms with van der Waals surface area (Å²) < 4.78 is 5.35. The van der Waals surface area contributed by atoms with Crippen LogP contribution in [0.4, 0.5) is 5.95 Å². The molecule has 132 valence electrons. The fourth-order valence-electron chi connectivity index (χ4n) is 3.48. The molecule has 1 N–H and O–H groups in total. The van der Waals surface area contributed by atoms with Crippen molar-refractivity contribution < 1.29 is 14.6 Å². The standard InChI is InChI=1S/C17H26N4O3/c22-16(23)5-4-15-3-1-2-6-21(15)13-14-11-18-17(19-12-14)20-7-9-24-10-8-20/h11-12,15H,1-10,13H2,(H,22,23). The zero-order chi connectivity index (χ0) is 16.8. The van der Waals surface area contributed by atoms with Crippen LogP contribution in [0, 0.1) is 0 Å². The number of nitrogens with zero attached hydrogens (tertiary/aromatic N) is 4. The predicted molar refractivity (Wildman–Crippen MR) is 90.0 cm³/mol. The number of likely N-dealkylation sites (tertiary alicyclic amines) is 1. The molecule has 2 saturated heterocycles. The van der Waals surface area contributed by atoms with Gasteiger partial charge in [0.15, 0.2) is 0 Å². The largest absolute Gasteiger partial charge is 0.481 e. The van der Waals surface area contributed by atoms with Gasteiger partial charge in [-0.2, -0.15) is 0 Å². The van der Waals surface area contributed by atoms with Crippen LogP contribution in [0.15, 0.2) is 12.4 Å². The van der Waals surface area contributed by atoms with E-state index in [0.717, 1.165) is 63.7 Å². The summed E-state index contributed by atoms with van der Waals surface area (Å²) in [5.74, 6) is 0.0573. The number of rotatable bonds is 6. The quantitative estimate of drug-likeness (QED) is 0.845. The molecule has 7 nitrogen and oxygen atoms in total. The summed E-state index contributed by atoms with van der Waals surface area (Å²) >= 11 is 0. The first-order valence-corrected chi connectivity index (χ1v) is 8.82. The normalized spacial score (nSPS) is 22.5. The highest BCUT2D eigenvalue weighted by atomic mass is 16.5. The van der Waals surface area contributed by atoms with Crippen LogP contribution in [0.1, 0.15) is 37.7 Å². The molecule has 2 aliphatic heterocycles. The first kappa shape index (κ1) is 17.1. The molecular formula is C17H26N4O3. The Bertz CT molecular complexity index is 531. The number of aromatic nitrogens is 2. The van der Waals surface area contributed by atoms with Crippen LogP contribution in [-0.4, -0.2) is 64.8 Å². The van der Waals surface area contributed by atoms with Gasteiger partial charge in [0.05, 0.1) is 13.2 Å². The number of carboxylic acids is 1. The van der Waals surface area contributed by atoms with E-state index < -0.39 is 5.97 Å². The van der Waals surface area contributed by atoms with Gasteiger partial charge in [-0.3, -0.25) is 9.69 Å². The monoisotopic (exact) mass is 334 g/mol. The van der Waals surface area contributed by atoms with E-state index in [1.807, 2.05) is 12.4 Å². The number of carbonyl (C=O) groups is 1. The van der Waals surface area contributed by atoms with Crippen LogP contribution in [0.25, 0.3) is 0 Å². The number of aliphatic carboxylic acids is 1. The molecule has 1 unspecified atom stereocenters. The van der Waals surface area contributed by atoms with Gasteiger partial charge in [-0.1, -0.05) is 6.42 Å². The summed E-state index contributed by atoms with van der Waals surface area (Å²) in [7, 11) is 0. The summed E-state index contributed by atoms with van der Waals surface area (Å²) in [5, 5.41) is 8.92.